The zero-order chi connectivity index (χ0) is 15.1. The molecule has 6 heteroatoms. The number of fused-ring (bicyclic) bond motifs is 1. The highest BCUT2D eigenvalue weighted by atomic mass is 19.1. The van der Waals surface area contributed by atoms with E-state index < -0.39 is 24.1 Å². The summed E-state index contributed by atoms with van der Waals surface area (Å²) in [6.07, 6.45) is -0.993. The minimum absolute atomic E-state index is 0.0275. The Labute approximate surface area is 116 Å². The van der Waals surface area contributed by atoms with Gasteiger partial charge in [-0.2, -0.15) is 0 Å². The number of hydrogen-bond donors (Lipinski definition) is 4. The number of aromatic nitrogens is 1. The lowest BCUT2D eigenvalue weighted by Crippen LogP contribution is -2.26. The van der Waals surface area contributed by atoms with Gasteiger partial charge in [0.2, 0.25) is 0 Å². The molecule has 110 valence electrons. The lowest BCUT2D eigenvalue weighted by atomic mass is 10.1. The van der Waals surface area contributed by atoms with Gasteiger partial charge in [-0.1, -0.05) is 0 Å². The Bertz CT molecular complexity index is 631. The van der Waals surface area contributed by atoms with E-state index in [-0.39, 0.29) is 12.2 Å². The Hall–Kier alpha value is -1.63. The van der Waals surface area contributed by atoms with Crippen molar-refractivity contribution in [1.29, 1.82) is 0 Å². The molecule has 2 aromatic rings. The van der Waals surface area contributed by atoms with Crippen molar-refractivity contribution in [2.75, 3.05) is 12.3 Å². The third-order valence-corrected chi connectivity index (χ3v) is 3.25. The van der Waals surface area contributed by atoms with Gasteiger partial charge in [0.1, 0.15) is 5.82 Å². The zero-order valence-corrected chi connectivity index (χ0v) is 11.5. The number of nitrogens with two attached hydrogens (primary N) is 1. The molecule has 20 heavy (non-hydrogen) atoms. The molecule has 0 aliphatic heterocycles. The largest absolute Gasteiger partial charge is 0.396 e. The highest BCUT2D eigenvalue weighted by molar-refractivity contribution is 5.85. The first kappa shape index (κ1) is 14.8. The van der Waals surface area contributed by atoms with Gasteiger partial charge < -0.3 is 25.6 Å². The second kappa shape index (κ2) is 5.05. The van der Waals surface area contributed by atoms with E-state index in [1.54, 1.807) is 24.5 Å². The van der Waals surface area contributed by atoms with Crippen LogP contribution in [0.5, 0.6) is 0 Å². The van der Waals surface area contributed by atoms with Crippen molar-refractivity contribution in [3.63, 3.8) is 0 Å². The van der Waals surface area contributed by atoms with Gasteiger partial charge in [-0.15, -0.1) is 0 Å². The first-order valence-corrected chi connectivity index (χ1v) is 6.34. The summed E-state index contributed by atoms with van der Waals surface area (Å²) in [4.78, 5) is 0. The van der Waals surface area contributed by atoms with Crippen molar-refractivity contribution in [2.24, 2.45) is 0 Å². The quantitative estimate of drug-likeness (QED) is 0.628. The molecule has 2 rings (SSSR count). The zero-order valence-electron chi connectivity index (χ0n) is 11.5. The Morgan fingerprint density at radius 1 is 1.35 bits per heavy atom. The fraction of sp³-hybridized carbons (Fsp3) is 0.429. The summed E-state index contributed by atoms with van der Waals surface area (Å²) in [5.41, 5.74) is 5.44. The Morgan fingerprint density at radius 2 is 2.00 bits per heavy atom. The molecule has 0 aliphatic carbocycles. The lowest BCUT2D eigenvalue weighted by molar-refractivity contribution is 0.0569. The maximum Gasteiger partial charge on any atom is 0.148 e. The summed E-state index contributed by atoms with van der Waals surface area (Å²) < 4.78 is 15.2. The van der Waals surface area contributed by atoms with E-state index in [0.717, 1.165) is 0 Å². The van der Waals surface area contributed by atoms with E-state index in [9.17, 15) is 14.6 Å². The third kappa shape index (κ3) is 2.63. The molecule has 0 fully saturated rings. The summed E-state index contributed by atoms with van der Waals surface area (Å²) in [5.74, 6) is -0.558. The molecule has 0 amide bonds. The summed E-state index contributed by atoms with van der Waals surface area (Å²) >= 11 is 0. The summed E-state index contributed by atoms with van der Waals surface area (Å²) in [7, 11) is 0. The number of aliphatic hydroxyl groups is 3. The molecular formula is C14H19FN2O3. The molecule has 0 saturated heterocycles. The van der Waals surface area contributed by atoms with Gasteiger partial charge in [-0.25, -0.2) is 4.39 Å². The SMILES string of the molecule is CC(C)(O)c1cc2cc(N)c(F)cc2n1C[C@@H](O)CO. The minimum Gasteiger partial charge on any atom is -0.396 e. The molecule has 0 radical (unpaired) electrons. The van der Waals surface area contributed by atoms with Gasteiger partial charge in [0.25, 0.3) is 0 Å². The first-order valence-electron chi connectivity index (χ1n) is 6.34. The molecule has 0 unspecified atom stereocenters. The van der Waals surface area contributed by atoms with E-state index in [4.69, 9.17) is 10.8 Å². The van der Waals surface area contributed by atoms with Crippen molar-refractivity contribution in [1.82, 2.24) is 4.57 Å². The van der Waals surface area contributed by atoms with Crippen molar-refractivity contribution in [2.45, 2.75) is 32.1 Å². The second-order valence-corrected chi connectivity index (χ2v) is 5.47. The predicted molar refractivity (Wildman–Crippen MR) is 74.6 cm³/mol. The average molecular weight is 282 g/mol. The number of nitrogens with zero attached hydrogens (tertiary/aromatic N) is 1. The normalized spacial score (nSPS) is 13.9. The van der Waals surface area contributed by atoms with E-state index in [0.29, 0.717) is 16.6 Å². The van der Waals surface area contributed by atoms with Crippen LogP contribution in [0.15, 0.2) is 18.2 Å². The van der Waals surface area contributed by atoms with E-state index >= 15 is 0 Å². The molecule has 0 aliphatic rings. The number of anilines is 1. The van der Waals surface area contributed by atoms with Gasteiger partial charge in [0, 0.05) is 11.5 Å². The summed E-state index contributed by atoms with van der Waals surface area (Å²) in [6.45, 7) is 2.84. The maximum absolute atomic E-state index is 13.6. The Morgan fingerprint density at radius 3 is 2.55 bits per heavy atom. The predicted octanol–water partition coefficient (Wildman–Crippen LogP) is 0.943. The van der Waals surface area contributed by atoms with Crippen LogP contribution in [-0.2, 0) is 12.1 Å². The molecule has 1 aromatic carbocycles. The summed E-state index contributed by atoms with van der Waals surface area (Å²) in [5, 5.41) is 29.5. The molecule has 0 saturated carbocycles. The van der Waals surface area contributed by atoms with Gasteiger partial charge in [0.15, 0.2) is 0 Å². The van der Waals surface area contributed by atoms with Gasteiger partial charge in [-0.05, 0) is 26.0 Å². The number of hydrogen-bond acceptors (Lipinski definition) is 4. The molecule has 5 N–H and O–H groups in total. The van der Waals surface area contributed by atoms with Crippen molar-refractivity contribution >= 4 is 16.6 Å². The molecule has 5 nitrogen and oxygen atoms in total. The lowest BCUT2D eigenvalue weighted by Gasteiger charge is -2.22. The third-order valence-electron chi connectivity index (χ3n) is 3.25. The number of rotatable bonds is 4. The summed E-state index contributed by atoms with van der Waals surface area (Å²) in [6, 6.07) is 4.46. The highest BCUT2D eigenvalue weighted by Crippen LogP contribution is 2.30. The van der Waals surface area contributed by atoms with Crippen LogP contribution < -0.4 is 5.73 Å². The number of nitrogen functional groups attached to an aromatic ring is 1. The Balaban J connectivity index is 2.68. The van der Waals surface area contributed by atoms with E-state index in [1.165, 1.54) is 12.1 Å². The van der Waals surface area contributed by atoms with Crippen LogP contribution in [0.25, 0.3) is 10.9 Å². The Kier molecular flexibility index (Phi) is 3.73. The minimum atomic E-state index is -1.17. The molecule has 1 heterocycles. The topological polar surface area (TPSA) is 91.6 Å². The van der Waals surface area contributed by atoms with Crippen LogP contribution >= 0.6 is 0 Å². The van der Waals surface area contributed by atoms with Crippen LogP contribution in [0.3, 0.4) is 0 Å². The number of aliphatic hydroxyl groups excluding tert-OH is 2. The molecular weight excluding hydrogens is 263 g/mol. The maximum atomic E-state index is 13.6. The van der Waals surface area contributed by atoms with Crippen molar-refractivity contribution in [3.8, 4) is 0 Å². The fourth-order valence-corrected chi connectivity index (χ4v) is 2.27. The highest BCUT2D eigenvalue weighted by Gasteiger charge is 2.24. The van der Waals surface area contributed by atoms with Crippen LogP contribution in [0.1, 0.15) is 19.5 Å². The van der Waals surface area contributed by atoms with Crippen LogP contribution in [-0.4, -0.2) is 32.6 Å². The smallest absolute Gasteiger partial charge is 0.148 e. The van der Waals surface area contributed by atoms with Crippen molar-refractivity contribution in [3.05, 3.63) is 29.7 Å². The van der Waals surface area contributed by atoms with Gasteiger partial charge >= 0.3 is 0 Å². The second-order valence-electron chi connectivity index (χ2n) is 5.47. The van der Waals surface area contributed by atoms with Crippen LogP contribution in [0.4, 0.5) is 10.1 Å². The van der Waals surface area contributed by atoms with Crippen LogP contribution in [0.2, 0.25) is 0 Å². The number of halogens is 1. The average Bonchev–Trinajstić information content (AvgIpc) is 2.68. The number of benzene rings is 1. The van der Waals surface area contributed by atoms with Crippen LogP contribution in [0, 0.1) is 5.82 Å². The molecule has 0 bridgehead atoms. The molecule has 0 spiro atoms. The first-order chi connectivity index (χ1) is 9.24. The van der Waals surface area contributed by atoms with Gasteiger partial charge in [-0.3, -0.25) is 0 Å². The monoisotopic (exact) mass is 282 g/mol. The molecule has 1 aromatic heterocycles. The van der Waals surface area contributed by atoms with E-state index in [2.05, 4.69) is 0 Å². The fourth-order valence-electron chi connectivity index (χ4n) is 2.27. The molecule has 1 atom stereocenters. The van der Waals surface area contributed by atoms with E-state index in [1.807, 2.05) is 0 Å². The standard InChI is InChI=1S/C14H19FN2O3/c1-14(2,20)13-4-8-3-11(16)10(15)5-12(8)17(13)6-9(19)7-18/h3-5,9,18-20H,6-7,16H2,1-2H3/t9-/m1/s1. The van der Waals surface area contributed by atoms with Crippen molar-refractivity contribution < 1.29 is 19.7 Å². The van der Waals surface area contributed by atoms with Gasteiger partial charge in [0.05, 0.1) is 41.8 Å².